The van der Waals surface area contributed by atoms with Crippen molar-refractivity contribution in [3.8, 4) is 0 Å². The zero-order valence-electron chi connectivity index (χ0n) is 9.97. The Morgan fingerprint density at radius 2 is 2.00 bits per heavy atom. The summed E-state index contributed by atoms with van der Waals surface area (Å²) in [6, 6.07) is 7.59. The van der Waals surface area contributed by atoms with E-state index in [0.717, 1.165) is 0 Å². The number of benzene rings is 1. The van der Waals surface area contributed by atoms with Crippen molar-refractivity contribution >= 4 is 49.1 Å². The van der Waals surface area contributed by atoms with Crippen LogP contribution in [0.4, 0.5) is 11.5 Å². The van der Waals surface area contributed by atoms with Crippen molar-refractivity contribution in [1.82, 2.24) is 4.98 Å². The zero-order chi connectivity index (χ0) is 14.8. The fourth-order valence-electron chi connectivity index (χ4n) is 1.40. The van der Waals surface area contributed by atoms with E-state index in [9.17, 15) is 8.42 Å². The summed E-state index contributed by atoms with van der Waals surface area (Å²) in [5.41, 5.74) is 2.71. The Morgan fingerprint density at radius 1 is 1.25 bits per heavy atom. The van der Waals surface area contributed by atoms with E-state index in [1.165, 1.54) is 18.3 Å². The molecule has 0 saturated carbocycles. The Balaban J connectivity index is 2.27. The molecule has 1 aromatic heterocycles. The van der Waals surface area contributed by atoms with Crippen molar-refractivity contribution in [2.45, 2.75) is 4.90 Å². The van der Waals surface area contributed by atoms with E-state index in [4.69, 9.17) is 17.4 Å². The van der Waals surface area contributed by atoms with Crippen LogP contribution in [-0.2, 0) is 10.0 Å². The van der Waals surface area contributed by atoms with Gasteiger partial charge in [0.2, 0.25) is 0 Å². The standard InChI is InChI=1S/C11H10BrClN4O2S/c12-9-5-7(1-3-10(9)13)17-20(18,19)8-2-4-11(16-14)15-6-8/h1-6,17H,14H2,(H,15,16). The number of nitrogens with zero attached hydrogens (tertiary/aromatic N) is 1. The molecule has 0 unspecified atom stereocenters. The van der Waals surface area contributed by atoms with Gasteiger partial charge in [-0.1, -0.05) is 11.6 Å². The molecular weight excluding hydrogens is 368 g/mol. The van der Waals surface area contributed by atoms with Crippen LogP contribution in [0.1, 0.15) is 0 Å². The van der Waals surface area contributed by atoms with E-state index in [2.05, 4.69) is 31.1 Å². The van der Waals surface area contributed by atoms with Crippen LogP contribution in [-0.4, -0.2) is 13.4 Å². The van der Waals surface area contributed by atoms with E-state index in [-0.39, 0.29) is 4.90 Å². The van der Waals surface area contributed by atoms with Gasteiger partial charge in [-0.3, -0.25) is 4.72 Å². The maximum absolute atomic E-state index is 12.1. The van der Waals surface area contributed by atoms with E-state index >= 15 is 0 Å². The third kappa shape index (κ3) is 3.40. The van der Waals surface area contributed by atoms with Crippen LogP contribution in [0.25, 0.3) is 0 Å². The lowest BCUT2D eigenvalue weighted by molar-refractivity contribution is 0.601. The first-order chi connectivity index (χ1) is 9.42. The van der Waals surface area contributed by atoms with Crippen molar-refractivity contribution < 1.29 is 8.42 Å². The number of hydrogen-bond acceptors (Lipinski definition) is 5. The molecule has 0 aliphatic heterocycles. The first-order valence-electron chi connectivity index (χ1n) is 5.33. The maximum atomic E-state index is 12.1. The fourth-order valence-corrected chi connectivity index (χ4v) is 2.89. The molecule has 106 valence electrons. The third-order valence-electron chi connectivity index (χ3n) is 2.37. The summed E-state index contributed by atoms with van der Waals surface area (Å²) in [6.45, 7) is 0. The van der Waals surface area contributed by atoms with Crippen LogP contribution >= 0.6 is 27.5 Å². The molecule has 0 spiro atoms. The topological polar surface area (TPSA) is 97.1 Å². The molecule has 9 heteroatoms. The Kier molecular flexibility index (Phi) is 4.48. The highest BCUT2D eigenvalue weighted by molar-refractivity contribution is 9.10. The number of halogens is 2. The number of nitrogens with two attached hydrogens (primary N) is 1. The van der Waals surface area contributed by atoms with Gasteiger partial charge in [-0.15, -0.1) is 0 Å². The summed E-state index contributed by atoms with van der Waals surface area (Å²) in [4.78, 5) is 3.88. The molecule has 0 fully saturated rings. The molecule has 0 saturated heterocycles. The molecule has 0 radical (unpaired) electrons. The third-order valence-corrected chi connectivity index (χ3v) is 4.95. The number of aromatic nitrogens is 1. The lowest BCUT2D eigenvalue weighted by Crippen LogP contribution is -2.14. The quantitative estimate of drug-likeness (QED) is 0.562. The minimum absolute atomic E-state index is 0.0302. The van der Waals surface area contributed by atoms with Crippen LogP contribution < -0.4 is 16.0 Å². The van der Waals surface area contributed by atoms with Gasteiger partial charge in [-0.2, -0.15) is 0 Å². The van der Waals surface area contributed by atoms with Crippen molar-refractivity contribution in [2.75, 3.05) is 10.1 Å². The molecular formula is C11H10BrClN4O2S. The molecule has 0 aliphatic rings. The van der Waals surface area contributed by atoms with Gasteiger partial charge in [0.1, 0.15) is 10.7 Å². The second-order valence-electron chi connectivity index (χ2n) is 3.76. The highest BCUT2D eigenvalue weighted by Crippen LogP contribution is 2.26. The molecule has 0 aliphatic carbocycles. The van der Waals surface area contributed by atoms with Crippen molar-refractivity contribution in [2.24, 2.45) is 5.84 Å². The van der Waals surface area contributed by atoms with Gasteiger partial charge in [0.25, 0.3) is 10.0 Å². The first-order valence-corrected chi connectivity index (χ1v) is 7.98. The molecule has 0 amide bonds. The highest BCUT2D eigenvalue weighted by atomic mass is 79.9. The Hall–Kier alpha value is -1.35. The Labute approximate surface area is 129 Å². The van der Waals surface area contributed by atoms with Crippen LogP contribution in [0.15, 0.2) is 45.9 Å². The molecule has 20 heavy (non-hydrogen) atoms. The number of sulfonamides is 1. The Morgan fingerprint density at radius 3 is 2.55 bits per heavy atom. The molecule has 0 atom stereocenters. The van der Waals surface area contributed by atoms with Crippen LogP contribution in [0, 0.1) is 0 Å². The highest BCUT2D eigenvalue weighted by Gasteiger charge is 2.15. The number of anilines is 2. The van der Waals surface area contributed by atoms with Gasteiger partial charge in [0, 0.05) is 10.7 Å². The van der Waals surface area contributed by atoms with Crippen molar-refractivity contribution in [1.29, 1.82) is 0 Å². The number of pyridine rings is 1. The van der Waals surface area contributed by atoms with E-state index in [0.29, 0.717) is 21.0 Å². The number of nitrogen functional groups attached to an aromatic ring is 1. The Bertz CT molecular complexity index is 722. The lowest BCUT2D eigenvalue weighted by Gasteiger charge is -2.09. The monoisotopic (exact) mass is 376 g/mol. The summed E-state index contributed by atoms with van der Waals surface area (Å²) in [6.07, 6.45) is 1.21. The van der Waals surface area contributed by atoms with Crippen molar-refractivity contribution in [3.63, 3.8) is 0 Å². The largest absolute Gasteiger partial charge is 0.308 e. The lowest BCUT2D eigenvalue weighted by atomic mass is 10.3. The van der Waals surface area contributed by atoms with Crippen LogP contribution in [0.5, 0.6) is 0 Å². The summed E-state index contributed by atoms with van der Waals surface area (Å²) in [5, 5.41) is 0.494. The van der Waals surface area contributed by atoms with Crippen molar-refractivity contribution in [3.05, 3.63) is 46.0 Å². The van der Waals surface area contributed by atoms with Gasteiger partial charge >= 0.3 is 0 Å². The minimum atomic E-state index is -3.71. The average molecular weight is 378 g/mol. The molecule has 0 bridgehead atoms. The summed E-state index contributed by atoms with van der Waals surface area (Å²) in [7, 11) is -3.71. The predicted molar refractivity (Wildman–Crippen MR) is 82.0 cm³/mol. The first kappa shape index (κ1) is 15.0. The summed E-state index contributed by atoms with van der Waals surface area (Å²) < 4.78 is 27.3. The van der Waals surface area contributed by atoms with Gasteiger partial charge in [0.15, 0.2) is 0 Å². The van der Waals surface area contributed by atoms with E-state index < -0.39 is 10.0 Å². The van der Waals surface area contributed by atoms with Gasteiger partial charge in [-0.05, 0) is 46.3 Å². The second-order valence-corrected chi connectivity index (χ2v) is 6.70. The summed E-state index contributed by atoms with van der Waals surface area (Å²) >= 11 is 9.08. The van der Waals surface area contributed by atoms with E-state index in [1.807, 2.05) is 0 Å². The SMILES string of the molecule is NNc1ccc(S(=O)(=O)Nc2ccc(Cl)c(Br)c2)cn1. The molecule has 2 aromatic rings. The fraction of sp³-hybridized carbons (Fsp3) is 0. The van der Waals surface area contributed by atoms with Gasteiger partial charge in [0.05, 0.1) is 10.7 Å². The molecule has 6 nitrogen and oxygen atoms in total. The van der Waals surface area contributed by atoms with Crippen LogP contribution in [0.2, 0.25) is 5.02 Å². The molecule has 1 aromatic carbocycles. The number of nitrogens with one attached hydrogen (secondary N) is 2. The number of rotatable bonds is 4. The minimum Gasteiger partial charge on any atom is -0.308 e. The molecule has 1 heterocycles. The number of hydrogen-bond donors (Lipinski definition) is 3. The van der Waals surface area contributed by atoms with Gasteiger partial charge < -0.3 is 5.43 Å². The summed E-state index contributed by atoms with van der Waals surface area (Å²) in [5.74, 6) is 5.54. The second kappa shape index (κ2) is 5.96. The normalized spacial score (nSPS) is 11.2. The van der Waals surface area contributed by atoms with Gasteiger partial charge in [-0.25, -0.2) is 19.2 Å². The van der Waals surface area contributed by atoms with E-state index in [1.54, 1.807) is 18.2 Å². The molecule has 2 rings (SSSR count). The zero-order valence-corrected chi connectivity index (χ0v) is 13.1. The predicted octanol–water partition coefficient (Wildman–Crippen LogP) is 2.58. The average Bonchev–Trinajstić information content (AvgIpc) is 2.43. The van der Waals surface area contributed by atoms with Crippen LogP contribution in [0.3, 0.4) is 0 Å². The number of hydrazine groups is 1. The smallest absolute Gasteiger partial charge is 0.263 e. The molecule has 4 N–H and O–H groups in total. The maximum Gasteiger partial charge on any atom is 0.263 e.